The number of aryl methyl sites for hydroxylation is 1. The minimum Gasteiger partial charge on any atom is -0.497 e. The van der Waals surface area contributed by atoms with Gasteiger partial charge in [0, 0.05) is 37.6 Å². The Labute approximate surface area is 209 Å². The van der Waals surface area contributed by atoms with E-state index in [9.17, 15) is 9.59 Å². The second-order valence-electron chi connectivity index (χ2n) is 8.41. The molecule has 184 valence electrons. The van der Waals surface area contributed by atoms with E-state index in [1.54, 1.807) is 36.3 Å². The zero-order chi connectivity index (χ0) is 24.6. The third-order valence-corrected chi connectivity index (χ3v) is 6.23. The third kappa shape index (κ3) is 6.80. The van der Waals surface area contributed by atoms with Crippen molar-refractivity contribution in [2.24, 2.45) is 0 Å². The zero-order valence-corrected chi connectivity index (χ0v) is 20.4. The summed E-state index contributed by atoms with van der Waals surface area (Å²) < 4.78 is 6.76. The van der Waals surface area contributed by atoms with E-state index in [0.717, 1.165) is 24.3 Å². The maximum absolute atomic E-state index is 12.8. The van der Waals surface area contributed by atoms with E-state index in [2.05, 4.69) is 20.3 Å². The molecule has 0 bridgehead atoms. The lowest BCUT2D eigenvalue weighted by Gasteiger charge is -2.22. The lowest BCUT2D eigenvalue weighted by atomic mass is 10.1. The summed E-state index contributed by atoms with van der Waals surface area (Å²) in [5, 5.41) is 7.60. The summed E-state index contributed by atoms with van der Waals surface area (Å²) in [4.78, 5) is 33.5. The predicted molar refractivity (Wildman–Crippen MR) is 134 cm³/mol. The summed E-state index contributed by atoms with van der Waals surface area (Å²) >= 11 is 6.15. The van der Waals surface area contributed by atoms with Crippen LogP contribution in [-0.4, -0.2) is 76.2 Å². The highest BCUT2D eigenvalue weighted by Gasteiger charge is 2.21. The molecule has 0 aliphatic carbocycles. The number of methoxy groups -OCH3 is 1. The Hall–Kier alpha value is -3.43. The van der Waals surface area contributed by atoms with Crippen molar-refractivity contribution in [3.63, 3.8) is 0 Å². The fourth-order valence-corrected chi connectivity index (χ4v) is 4.29. The average Bonchev–Trinajstić information content (AvgIpc) is 3.29. The first-order valence-electron chi connectivity index (χ1n) is 11.6. The van der Waals surface area contributed by atoms with Crippen LogP contribution < -0.4 is 10.1 Å². The smallest absolute Gasteiger partial charge is 0.238 e. The zero-order valence-electron chi connectivity index (χ0n) is 19.7. The highest BCUT2D eigenvalue weighted by Crippen LogP contribution is 2.24. The van der Waals surface area contributed by atoms with E-state index in [0.29, 0.717) is 48.9 Å². The number of nitrogens with one attached hydrogen (secondary N) is 1. The van der Waals surface area contributed by atoms with Crippen LogP contribution in [0.15, 0.2) is 55.1 Å². The number of hydrogen-bond acceptors (Lipinski definition) is 6. The van der Waals surface area contributed by atoms with Crippen molar-refractivity contribution in [2.45, 2.75) is 19.3 Å². The van der Waals surface area contributed by atoms with E-state index in [-0.39, 0.29) is 18.4 Å². The number of benzene rings is 2. The fourth-order valence-electron chi connectivity index (χ4n) is 4.11. The molecule has 4 rings (SSSR count). The number of rotatable bonds is 8. The molecule has 0 atom stereocenters. The molecule has 35 heavy (non-hydrogen) atoms. The highest BCUT2D eigenvalue weighted by molar-refractivity contribution is 6.31. The number of anilines is 1. The second kappa shape index (κ2) is 11.8. The van der Waals surface area contributed by atoms with Gasteiger partial charge in [0.05, 0.1) is 25.0 Å². The van der Waals surface area contributed by atoms with Crippen LogP contribution in [0.3, 0.4) is 0 Å². The first-order chi connectivity index (χ1) is 17.0. The Morgan fingerprint density at radius 2 is 1.91 bits per heavy atom. The summed E-state index contributed by atoms with van der Waals surface area (Å²) in [6, 6.07) is 13.0. The lowest BCUT2D eigenvalue weighted by molar-refractivity contribution is -0.131. The molecule has 1 aromatic heterocycles. The minimum absolute atomic E-state index is 0.142. The number of hydrogen-bond donors (Lipinski definition) is 1. The molecule has 10 heteroatoms. The normalized spacial score (nSPS) is 14.4. The minimum atomic E-state index is -0.145. The molecule has 1 fully saturated rings. The molecule has 1 saturated heterocycles. The maximum atomic E-state index is 12.8. The molecule has 1 aliphatic heterocycles. The number of amides is 2. The maximum Gasteiger partial charge on any atom is 0.238 e. The third-order valence-electron chi connectivity index (χ3n) is 5.99. The molecule has 2 aromatic carbocycles. The van der Waals surface area contributed by atoms with Gasteiger partial charge in [0.25, 0.3) is 0 Å². The Morgan fingerprint density at radius 1 is 1.09 bits per heavy atom. The van der Waals surface area contributed by atoms with Crippen LogP contribution in [-0.2, 0) is 16.0 Å². The molecule has 1 aliphatic rings. The molecule has 1 N–H and O–H groups in total. The number of halogens is 1. The summed E-state index contributed by atoms with van der Waals surface area (Å²) in [5.74, 6) is 0.804. The van der Waals surface area contributed by atoms with Gasteiger partial charge in [-0.15, -0.1) is 0 Å². The van der Waals surface area contributed by atoms with Gasteiger partial charge in [0.2, 0.25) is 11.8 Å². The Kier molecular flexibility index (Phi) is 8.33. The molecular weight excluding hydrogens is 468 g/mol. The molecule has 0 spiro atoms. The Balaban J connectivity index is 1.27. The lowest BCUT2D eigenvalue weighted by Crippen LogP contribution is -2.38. The number of carbonyl (C=O) groups excluding carboxylic acids is 2. The topological polar surface area (TPSA) is 92.6 Å². The SMILES string of the molecule is COc1ccc(CCC(=O)N2CCCN(CC(=O)Nc3cc(Cl)ccc3-n3cncn3)CC2)cc1. The van der Waals surface area contributed by atoms with E-state index in [1.165, 1.54) is 6.33 Å². The van der Waals surface area contributed by atoms with Crippen LogP contribution in [0, 0.1) is 0 Å². The molecule has 0 saturated carbocycles. The van der Waals surface area contributed by atoms with Gasteiger partial charge >= 0.3 is 0 Å². The van der Waals surface area contributed by atoms with Crippen LogP contribution in [0.1, 0.15) is 18.4 Å². The summed E-state index contributed by atoms with van der Waals surface area (Å²) in [5.41, 5.74) is 2.36. The van der Waals surface area contributed by atoms with Crippen molar-refractivity contribution in [1.29, 1.82) is 0 Å². The van der Waals surface area contributed by atoms with Gasteiger partial charge < -0.3 is 15.0 Å². The van der Waals surface area contributed by atoms with E-state index >= 15 is 0 Å². The van der Waals surface area contributed by atoms with Crippen molar-refractivity contribution in [1.82, 2.24) is 24.6 Å². The van der Waals surface area contributed by atoms with E-state index in [1.807, 2.05) is 29.2 Å². The van der Waals surface area contributed by atoms with Gasteiger partial charge in [-0.25, -0.2) is 9.67 Å². The fraction of sp³-hybridized carbons (Fsp3) is 0.360. The van der Waals surface area contributed by atoms with E-state index in [4.69, 9.17) is 16.3 Å². The number of ether oxygens (including phenoxy) is 1. The van der Waals surface area contributed by atoms with Crippen molar-refractivity contribution >= 4 is 29.1 Å². The second-order valence-corrected chi connectivity index (χ2v) is 8.84. The predicted octanol–water partition coefficient (Wildman–Crippen LogP) is 3.03. The van der Waals surface area contributed by atoms with Crippen molar-refractivity contribution in [2.75, 3.05) is 45.2 Å². The van der Waals surface area contributed by atoms with Gasteiger partial charge in [0.1, 0.15) is 18.4 Å². The van der Waals surface area contributed by atoms with Crippen LogP contribution >= 0.6 is 11.6 Å². The van der Waals surface area contributed by atoms with Crippen LogP contribution in [0.5, 0.6) is 5.75 Å². The van der Waals surface area contributed by atoms with Crippen molar-refractivity contribution in [3.05, 3.63) is 65.7 Å². The van der Waals surface area contributed by atoms with Crippen molar-refractivity contribution < 1.29 is 14.3 Å². The Bertz CT molecular complexity index is 1140. The average molecular weight is 497 g/mol. The van der Waals surface area contributed by atoms with Gasteiger partial charge in [0.15, 0.2) is 0 Å². The van der Waals surface area contributed by atoms with Gasteiger partial charge in [-0.2, -0.15) is 5.10 Å². The molecule has 0 radical (unpaired) electrons. The molecule has 3 aromatic rings. The van der Waals surface area contributed by atoms with E-state index < -0.39 is 0 Å². The molecular formula is C25H29ClN6O3. The van der Waals surface area contributed by atoms with Crippen LogP contribution in [0.2, 0.25) is 5.02 Å². The quantitative estimate of drug-likeness (QED) is 0.515. The number of aromatic nitrogens is 3. The number of nitrogens with zero attached hydrogens (tertiary/aromatic N) is 5. The Morgan fingerprint density at radius 3 is 2.66 bits per heavy atom. The van der Waals surface area contributed by atoms with Gasteiger partial charge in [-0.1, -0.05) is 23.7 Å². The standard InChI is InChI=1S/C25H29ClN6O3/c1-35-21-7-3-19(4-8-21)5-10-25(34)31-12-2-11-30(13-14-31)16-24(33)29-22-15-20(26)6-9-23(22)32-18-27-17-28-32/h3-4,6-9,15,17-18H,2,5,10-14,16H2,1H3,(H,29,33). The van der Waals surface area contributed by atoms with Crippen molar-refractivity contribution in [3.8, 4) is 11.4 Å². The summed E-state index contributed by atoms with van der Waals surface area (Å²) in [6.07, 6.45) is 4.98. The molecule has 2 heterocycles. The highest BCUT2D eigenvalue weighted by atomic mass is 35.5. The summed E-state index contributed by atoms with van der Waals surface area (Å²) in [7, 11) is 1.64. The molecule has 0 unspecified atom stereocenters. The monoisotopic (exact) mass is 496 g/mol. The van der Waals surface area contributed by atoms with Crippen LogP contribution in [0.4, 0.5) is 5.69 Å². The number of carbonyl (C=O) groups is 2. The summed E-state index contributed by atoms with van der Waals surface area (Å²) in [6.45, 7) is 2.94. The largest absolute Gasteiger partial charge is 0.497 e. The molecule has 9 nitrogen and oxygen atoms in total. The molecule has 2 amide bonds. The van der Waals surface area contributed by atoms with Gasteiger partial charge in [-0.05, 0) is 48.7 Å². The van der Waals surface area contributed by atoms with Gasteiger partial charge in [-0.3, -0.25) is 14.5 Å². The first-order valence-corrected chi connectivity index (χ1v) is 12.0. The van der Waals surface area contributed by atoms with Crippen LogP contribution in [0.25, 0.3) is 5.69 Å². The first kappa shape index (κ1) is 24.7.